The monoisotopic (exact) mass is 320 g/mol. The summed E-state index contributed by atoms with van der Waals surface area (Å²) in [6.45, 7) is 1.26. The molecule has 1 rings (SSSR count). The first-order valence-electron chi connectivity index (χ1n) is 5.15. The summed E-state index contributed by atoms with van der Waals surface area (Å²) in [6, 6.07) is 6.99. The van der Waals surface area contributed by atoms with Crippen LogP contribution in [0, 0.1) is 0 Å². The zero-order valence-electron chi connectivity index (χ0n) is 9.68. The van der Waals surface area contributed by atoms with Crippen LogP contribution in [0.4, 0.5) is 22.0 Å². The van der Waals surface area contributed by atoms with Crippen molar-refractivity contribution in [3.8, 4) is 0 Å². The van der Waals surface area contributed by atoms with Crippen molar-refractivity contribution in [3.05, 3.63) is 30.3 Å². The maximum atomic E-state index is 13.0. The fraction of sp³-hybridized carbons (Fsp3) is 0.400. The van der Waals surface area contributed by atoms with Crippen LogP contribution in [0.1, 0.15) is 6.92 Å². The lowest BCUT2D eigenvalue weighted by atomic mass is 10.4. The smallest absolute Gasteiger partial charge is 0.380 e. The Labute approximate surface area is 112 Å². The molecule has 0 aromatic heterocycles. The predicted molar refractivity (Wildman–Crippen MR) is 61.4 cm³/mol. The van der Waals surface area contributed by atoms with Crippen LogP contribution in [0.2, 0.25) is 0 Å². The van der Waals surface area contributed by atoms with E-state index in [-0.39, 0.29) is 11.8 Å². The molecule has 0 aliphatic carbocycles. The van der Waals surface area contributed by atoms with Gasteiger partial charge in [-0.2, -0.15) is 22.0 Å². The third-order valence-corrected chi connectivity index (χ3v) is 5.45. The first kappa shape index (κ1) is 16.4. The van der Waals surface area contributed by atoms with Gasteiger partial charge in [0.2, 0.25) is 0 Å². The van der Waals surface area contributed by atoms with Crippen molar-refractivity contribution in [2.24, 2.45) is 0 Å². The van der Waals surface area contributed by atoms with Gasteiger partial charge in [0.25, 0.3) is 0 Å². The molecule has 9 heteroatoms. The second kappa shape index (κ2) is 5.74. The molecule has 0 aliphatic heterocycles. The molecule has 0 saturated heterocycles. The maximum Gasteiger partial charge on any atom is 0.482 e. The summed E-state index contributed by atoms with van der Waals surface area (Å²) < 4.78 is 71.1. The molecule has 0 heterocycles. The first-order chi connectivity index (χ1) is 8.62. The molecule has 0 saturated carbocycles. The summed E-state index contributed by atoms with van der Waals surface area (Å²) in [5.74, 6) is 0. The lowest BCUT2D eigenvalue weighted by molar-refractivity contribution is -0.366. The highest BCUT2D eigenvalue weighted by atomic mass is 35.6. The molecular formula is C10H10ClF5O2Si. The quantitative estimate of drug-likeness (QED) is 0.471. The van der Waals surface area contributed by atoms with Gasteiger partial charge in [0.1, 0.15) is 0 Å². The van der Waals surface area contributed by atoms with Gasteiger partial charge in [-0.05, 0) is 6.92 Å². The van der Waals surface area contributed by atoms with E-state index in [0.717, 1.165) is 0 Å². The Balaban J connectivity index is 3.08. The van der Waals surface area contributed by atoms with E-state index in [1.165, 1.54) is 31.2 Å². The summed E-state index contributed by atoms with van der Waals surface area (Å²) in [7, 11) is -4.37. The number of hydrogen-bond donors (Lipinski definition) is 0. The average Bonchev–Trinajstić information content (AvgIpc) is 2.28. The van der Waals surface area contributed by atoms with Crippen LogP contribution in [-0.4, -0.2) is 26.8 Å². The van der Waals surface area contributed by atoms with E-state index < -0.39 is 20.2 Å². The van der Waals surface area contributed by atoms with Gasteiger partial charge in [-0.15, -0.1) is 0 Å². The fourth-order valence-corrected chi connectivity index (χ4v) is 3.96. The summed E-state index contributed by atoms with van der Waals surface area (Å²) >= 11 is 5.77. The lowest BCUT2D eigenvalue weighted by Crippen LogP contribution is -2.56. The summed E-state index contributed by atoms with van der Waals surface area (Å²) in [4.78, 5) is 0. The van der Waals surface area contributed by atoms with Crippen molar-refractivity contribution in [1.82, 2.24) is 0 Å². The van der Waals surface area contributed by atoms with E-state index in [1.54, 1.807) is 6.07 Å². The lowest BCUT2D eigenvalue weighted by Gasteiger charge is -2.29. The normalized spacial score (nSPS) is 16.2. The third-order valence-electron chi connectivity index (χ3n) is 2.04. The Bertz CT molecular complexity index is 414. The van der Waals surface area contributed by atoms with Crippen LogP contribution in [0.25, 0.3) is 0 Å². The van der Waals surface area contributed by atoms with E-state index in [9.17, 15) is 22.0 Å². The highest BCUT2D eigenvalue weighted by Crippen LogP contribution is 2.39. The zero-order valence-corrected chi connectivity index (χ0v) is 11.4. The minimum Gasteiger partial charge on any atom is -0.380 e. The molecule has 0 radical (unpaired) electrons. The molecule has 0 fully saturated rings. The average molecular weight is 321 g/mol. The van der Waals surface area contributed by atoms with Crippen molar-refractivity contribution in [3.63, 3.8) is 0 Å². The Hall–Kier alpha value is -0.703. The number of alkyl halides is 5. The maximum absolute atomic E-state index is 13.0. The molecular weight excluding hydrogens is 311 g/mol. The van der Waals surface area contributed by atoms with Crippen molar-refractivity contribution in [2.75, 3.05) is 6.61 Å². The van der Waals surface area contributed by atoms with Gasteiger partial charge in [-0.1, -0.05) is 41.4 Å². The molecule has 1 aromatic rings. The first-order valence-corrected chi connectivity index (χ1v) is 7.98. The molecule has 19 heavy (non-hydrogen) atoms. The zero-order chi connectivity index (χ0) is 14.7. The number of rotatable bonds is 5. The fourth-order valence-electron chi connectivity index (χ4n) is 1.22. The molecule has 2 nitrogen and oxygen atoms in total. The molecule has 1 aromatic carbocycles. The van der Waals surface area contributed by atoms with Gasteiger partial charge in [0.15, 0.2) is 0 Å². The standard InChI is InChI=1S/C10H10ClF5O2Si/c1-2-17-19(11,8-6-4-3-5-7-8)18-10(15,16)9(12,13)14/h3-7H,2H2,1H3. The van der Waals surface area contributed by atoms with Crippen molar-refractivity contribution < 1.29 is 30.8 Å². The van der Waals surface area contributed by atoms with Crippen LogP contribution in [-0.2, 0) is 8.85 Å². The minimum atomic E-state index is -5.86. The van der Waals surface area contributed by atoms with Crippen LogP contribution in [0.5, 0.6) is 0 Å². The van der Waals surface area contributed by atoms with Gasteiger partial charge in [0, 0.05) is 11.8 Å². The SMILES string of the molecule is CCO[Si](Cl)(OC(F)(F)C(F)(F)F)c1ccccc1. The third kappa shape index (κ3) is 3.88. The van der Waals surface area contributed by atoms with E-state index in [1.807, 2.05) is 0 Å². The molecule has 1 unspecified atom stereocenters. The number of benzene rings is 1. The van der Waals surface area contributed by atoms with Crippen LogP contribution < -0.4 is 5.19 Å². The van der Waals surface area contributed by atoms with Crippen molar-refractivity contribution >= 4 is 24.1 Å². The molecule has 0 amide bonds. The Morgan fingerprint density at radius 2 is 1.63 bits per heavy atom. The summed E-state index contributed by atoms with van der Waals surface area (Å²) in [5.41, 5.74) is 0. The molecule has 1 atom stereocenters. The van der Waals surface area contributed by atoms with E-state index in [2.05, 4.69) is 4.43 Å². The molecule has 108 valence electrons. The van der Waals surface area contributed by atoms with Crippen LogP contribution in [0.15, 0.2) is 30.3 Å². The number of hydrogen-bond acceptors (Lipinski definition) is 2. The molecule has 0 spiro atoms. The largest absolute Gasteiger partial charge is 0.482 e. The second-order valence-corrected chi connectivity index (χ2v) is 7.09. The van der Waals surface area contributed by atoms with Gasteiger partial charge >= 0.3 is 20.2 Å². The highest BCUT2D eigenvalue weighted by Gasteiger charge is 2.64. The van der Waals surface area contributed by atoms with E-state index >= 15 is 0 Å². The van der Waals surface area contributed by atoms with Gasteiger partial charge in [-0.3, -0.25) is 0 Å². The van der Waals surface area contributed by atoms with Gasteiger partial charge in [0.05, 0.1) is 0 Å². The Kier molecular flexibility index (Phi) is 4.94. The van der Waals surface area contributed by atoms with E-state index in [4.69, 9.17) is 15.5 Å². The summed E-state index contributed by atoms with van der Waals surface area (Å²) in [6.07, 6.45) is -11.2. The van der Waals surface area contributed by atoms with Crippen LogP contribution >= 0.6 is 11.1 Å². The van der Waals surface area contributed by atoms with Crippen LogP contribution in [0.3, 0.4) is 0 Å². The predicted octanol–water partition coefficient (Wildman–Crippen LogP) is 3.28. The molecule has 0 bridgehead atoms. The Morgan fingerprint density at radius 3 is 2.05 bits per heavy atom. The minimum absolute atomic E-state index is 0.0255. The van der Waals surface area contributed by atoms with Crippen molar-refractivity contribution in [2.45, 2.75) is 19.2 Å². The van der Waals surface area contributed by atoms with Gasteiger partial charge < -0.3 is 8.85 Å². The summed E-state index contributed by atoms with van der Waals surface area (Å²) in [5, 5.41) is -0.0255. The molecule has 0 aliphatic rings. The Morgan fingerprint density at radius 1 is 1.11 bits per heavy atom. The topological polar surface area (TPSA) is 18.5 Å². The highest BCUT2D eigenvalue weighted by molar-refractivity contribution is 7.20. The molecule has 0 N–H and O–H groups in total. The second-order valence-electron chi connectivity index (χ2n) is 3.45. The van der Waals surface area contributed by atoms with E-state index in [0.29, 0.717) is 0 Å². The number of halogens is 6. The van der Waals surface area contributed by atoms with Gasteiger partial charge in [-0.25, -0.2) is 0 Å². The van der Waals surface area contributed by atoms with Crippen molar-refractivity contribution in [1.29, 1.82) is 0 Å².